The highest BCUT2D eigenvalue weighted by atomic mass is 32.2. The number of alkyl halides is 3. The summed E-state index contributed by atoms with van der Waals surface area (Å²) in [4.78, 5) is 13.8. The van der Waals surface area contributed by atoms with E-state index in [1.807, 2.05) is 30.3 Å². The van der Waals surface area contributed by atoms with E-state index < -0.39 is 32.7 Å². The van der Waals surface area contributed by atoms with Gasteiger partial charge in [0.2, 0.25) is 15.9 Å². The summed E-state index contributed by atoms with van der Waals surface area (Å²) < 4.78 is 63.6. The molecule has 3 N–H and O–H groups in total. The number of nitrogens with zero attached hydrogens (tertiary/aromatic N) is 1. The van der Waals surface area contributed by atoms with Crippen molar-refractivity contribution in [3.63, 3.8) is 0 Å². The van der Waals surface area contributed by atoms with Gasteiger partial charge in [0.15, 0.2) is 0 Å². The molecule has 0 spiro atoms. The lowest BCUT2D eigenvalue weighted by atomic mass is 10.1. The van der Waals surface area contributed by atoms with E-state index in [1.54, 1.807) is 14.1 Å². The van der Waals surface area contributed by atoms with Crippen molar-refractivity contribution in [2.45, 2.75) is 28.4 Å². The monoisotopic (exact) mass is 461 g/mol. The third-order valence-electron chi connectivity index (χ3n) is 4.10. The Morgan fingerprint density at radius 1 is 1.17 bits per heavy atom. The van der Waals surface area contributed by atoms with E-state index in [0.717, 1.165) is 17.0 Å². The summed E-state index contributed by atoms with van der Waals surface area (Å²) in [6.07, 6.45) is -4.85. The Labute approximate surface area is 177 Å². The Morgan fingerprint density at radius 2 is 1.80 bits per heavy atom. The molecule has 30 heavy (non-hydrogen) atoms. The number of anilines is 1. The molecule has 0 aliphatic heterocycles. The van der Waals surface area contributed by atoms with E-state index in [0.29, 0.717) is 11.8 Å². The van der Waals surface area contributed by atoms with Crippen molar-refractivity contribution in [3.8, 4) is 0 Å². The molecule has 0 aromatic heterocycles. The number of nitrogens with one attached hydrogen (secondary N) is 1. The molecule has 0 radical (unpaired) electrons. The van der Waals surface area contributed by atoms with Crippen LogP contribution in [0.4, 0.5) is 18.9 Å². The molecular formula is C19H22F3N3O3S2. The predicted octanol–water partition coefficient (Wildman–Crippen LogP) is 3.40. The summed E-state index contributed by atoms with van der Waals surface area (Å²) in [6.45, 7) is 0. The second-order valence-corrected chi connectivity index (χ2v) is 9.36. The number of primary sulfonamides is 1. The van der Waals surface area contributed by atoms with Gasteiger partial charge in [0.05, 0.1) is 10.5 Å². The number of carbonyl (C=O) groups excluding carboxylic acids is 1. The average molecular weight is 462 g/mol. The van der Waals surface area contributed by atoms with E-state index in [2.05, 4.69) is 5.32 Å². The van der Waals surface area contributed by atoms with Crippen molar-refractivity contribution in [1.29, 1.82) is 0 Å². The third-order valence-corrected chi connectivity index (χ3v) is 6.18. The zero-order chi connectivity index (χ0) is 22.5. The van der Waals surface area contributed by atoms with Gasteiger partial charge in [-0.3, -0.25) is 4.79 Å². The molecule has 1 amide bonds. The van der Waals surface area contributed by atoms with Crippen molar-refractivity contribution in [2.75, 3.05) is 25.2 Å². The largest absolute Gasteiger partial charge is 0.418 e. The highest BCUT2D eigenvalue weighted by Crippen LogP contribution is 2.37. The summed E-state index contributed by atoms with van der Waals surface area (Å²) in [5, 5.41) is 7.73. The van der Waals surface area contributed by atoms with Crippen LogP contribution in [0.5, 0.6) is 0 Å². The number of hydrogen-bond donors (Lipinski definition) is 2. The molecule has 0 unspecified atom stereocenters. The number of carbonyl (C=O) groups is 1. The van der Waals surface area contributed by atoms with Crippen LogP contribution < -0.4 is 10.5 Å². The molecule has 2 aromatic carbocycles. The summed E-state index contributed by atoms with van der Waals surface area (Å²) >= 11 is 1.39. The van der Waals surface area contributed by atoms with Gasteiger partial charge in [-0.2, -0.15) is 13.2 Å². The second kappa shape index (κ2) is 9.71. The molecule has 0 heterocycles. The number of amides is 1. The Kier molecular flexibility index (Phi) is 7.78. The first-order chi connectivity index (χ1) is 13.9. The molecule has 0 saturated heterocycles. The summed E-state index contributed by atoms with van der Waals surface area (Å²) in [5.41, 5.74) is -1.49. The van der Waals surface area contributed by atoms with Gasteiger partial charge in [0, 0.05) is 42.9 Å². The lowest BCUT2D eigenvalue weighted by molar-refractivity contribution is -0.137. The Bertz CT molecular complexity index is 982. The Morgan fingerprint density at radius 3 is 2.33 bits per heavy atom. The lowest BCUT2D eigenvalue weighted by Crippen LogP contribution is -2.32. The Hall–Kier alpha value is -2.24. The third kappa shape index (κ3) is 6.92. The molecular weight excluding hydrogens is 439 g/mol. The fourth-order valence-corrected chi connectivity index (χ4v) is 4.02. The van der Waals surface area contributed by atoms with Crippen LogP contribution in [0, 0.1) is 0 Å². The number of thioether (sulfide) groups is 1. The van der Waals surface area contributed by atoms with Gasteiger partial charge in [0.1, 0.15) is 0 Å². The number of sulfonamides is 1. The zero-order valence-corrected chi connectivity index (χ0v) is 17.9. The summed E-state index contributed by atoms with van der Waals surface area (Å²) in [6, 6.07) is 11.1. The molecule has 0 bridgehead atoms. The van der Waals surface area contributed by atoms with Crippen molar-refractivity contribution >= 4 is 33.4 Å². The number of nitrogens with two attached hydrogens (primary N) is 1. The van der Waals surface area contributed by atoms with Crippen LogP contribution in [0.25, 0.3) is 0 Å². The molecule has 11 heteroatoms. The molecule has 0 fully saturated rings. The summed E-state index contributed by atoms with van der Waals surface area (Å²) in [7, 11) is -1.18. The van der Waals surface area contributed by atoms with Crippen LogP contribution in [0.2, 0.25) is 0 Å². The maximum absolute atomic E-state index is 13.6. The number of halogens is 3. The standard InChI is InChI=1S/C19H22F3N3O3S2/c1-25(2)18(26)10-13(12-29-14-6-4-3-5-7-14)24-17-9-8-15(30(23,27)28)11-16(17)19(20,21)22/h3-9,11,13,24H,10,12H2,1-2H3,(H2,23,27,28)/t13-/m1/s1. The number of hydrogen-bond acceptors (Lipinski definition) is 5. The average Bonchev–Trinajstić information content (AvgIpc) is 2.65. The molecule has 2 rings (SSSR count). The molecule has 2 aromatic rings. The molecule has 6 nitrogen and oxygen atoms in total. The fraction of sp³-hybridized carbons (Fsp3) is 0.316. The highest BCUT2D eigenvalue weighted by molar-refractivity contribution is 7.99. The first-order valence-corrected chi connectivity index (χ1v) is 11.3. The highest BCUT2D eigenvalue weighted by Gasteiger charge is 2.35. The Balaban J connectivity index is 2.33. The second-order valence-electron chi connectivity index (χ2n) is 6.71. The smallest absolute Gasteiger partial charge is 0.380 e. The van der Waals surface area contributed by atoms with Crippen LogP contribution in [0.1, 0.15) is 12.0 Å². The quantitative estimate of drug-likeness (QED) is 0.588. The molecule has 0 aliphatic rings. The fourth-order valence-electron chi connectivity index (χ4n) is 2.54. The van der Waals surface area contributed by atoms with Gasteiger partial charge < -0.3 is 10.2 Å². The van der Waals surface area contributed by atoms with Gasteiger partial charge >= 0.3 is 6.18 Å². The predicted molar refractivity (Wildman–Crippen MR) is 111 cm³/mol. The van der Waals surface area contributed by atoms with Gasteiger partial charge in [-0.05, 0) is 30.3 Å². The van der Waals surface area contributed by atoms with Crippen LogP contribution in [0.3, 0.4) is 0 Å². The minimum Gasteiger partial charge on any atom is -0.380 e. The molecule has 164 valence electrons. The van der Waals surface area contributed by atoms with Gasteiger partial charge in [0.25, 0.3) is 0 Å². The first-order valence-electron chi connectivity index (χ1n) is 8.76. The number of benzene rings is 2. The van der Waals surface area contributed by atoms with Gasteiger partial charge in [-0.1, -0.05) is 18.2 Å². The lowest BCUT2D eigenvalue weighted by Gasteiger charge is -2.23. The van der Waals surface area contributed by atoms with Crippen molar-refractivity contribution < 1.29 is 26.4 Å². The van der Waals surface area contributed by atoms with Crippen molar-refractivity contribution in [2.24, 2.45) is 5.14 Å². The van der Waals surface area contributed by atoms with Gasteiger partial charge in [-0.25, -0.2) is 13.6 Å². The maximum Gasteiger partial charge on any atom is 0.418 e. The first kappa shape index (κ1) is 24.0. The summed E-state index contributed by atoms with van der Waals surface area (Å²) in [5.74, 6) is 0.0635. The maximum atomic E-state index is 13.6. The van der Waals surface area contributed by atoms with E-state index in [9.17, 15) is 26.4 Å². The molecule has 1 atom stereocenters. The van der Waals surface area contributed by atoms with Crippen LogP contribution in [-0.2, 0) is 21.0 Å². The zero-order valence-electron chi connectivity index (χ0n) is 16.3. The molecule has 0 aliphatic carbocycles. The van der Waals surface area contributed by atoms with Crippen molar-refractivity contribution in [3.05, 3.63) is 54.1 Å². The van der Waals surface area contributed by atoms with E-state index in [-0.39, 0.29) is 18.0 Å². The SMILES string of the molecule is CN(C)C(=O)C[C@H](CSc1ccccc1)Nc1ccc(S(N)(=O)=O)cc1C(F)(F)F. The normalized spacial score (nSPS) is 13.0. The number of rotatable bonds is 8. The molecule has 0 saturated carbocycles. The van der Waals surface area contributed by atoms with E-state index in [4.69, 9.17) is 5.14 Å². The topological polar surface area (TPSA) is 92.5 Å². The van der Waals surface area contributed by atoms with Crippen LogP contribution in [0.15, 0.2) is 58.3 Å². The van der Waals surface area contributed by atoms with Gasteiger partial charge in [-0.15, -0.1) is 11.8 Å². The van der Waals surface area contributed by atoms with E-state index in [1.165, 1.54) is 16.7 Å². The minimum absolute atomic E-state index is 0.0406. The van der Waals surface area contributed by atoms with Crippen molar-refractivity contribution in [1.82, 2.24) is 4.90 Å². The van der Waals surface area contributed by atoms with Crippen LogP contribution >= 0.6 is 11.8 Å². The van der Waals surface area contributed by atoms with E-state index >= 15 is 0 Å². The van der Waals surface area contributed by atoms with Crippen LogP contribution in [-0.4, -0.2) is 45.1 Å². The minimum atomic E-state index is -4.81.